The number of rotatable bonds is 4. The van der Waals surface area contributed by atoms with E-state index in [4.69, 9.17) is 0 Å². The van der Waals surface area contributed by atoms with Crippen molar-refractivity contribution in [1.82, 2.24) is 4.90 Å². The van der Waals surface area contributed by atoms with Crippen molar-refractivity contribution in [3.05, 3.63) is 34.2 Å². The molecule has 0 saturated heterocycles. The molecule has 0 aliphatic rings. The van der Waals surface area contributed by atoms with Crippen LogP contribution in [0.3, 0.4) is 0 Å². The number of nitrogens with zero attached hydrogens (tertiary/aromatic N) is 1. The Morgan fingerprint density at radius 3 is 2.33 bits per heavy atom. The van der Waals surface area contributed by atoms with Crippen molar-refractivity contribution in [2.24, 2.45) is 0 Å². The first-order valence-corrected chi connectivity index (χ1v) is 5.69. The Bertz CT molecular complexity index is 475. The number of ketones is 2. The summed E-state index contributed by atoms with van der Waals surface area (Å²) < 4.78 is 37.2. The van der Waals surface area contributed by atoms with E-state index in [0.717, 1.165) is 17.5 Å². The zero-order valence-corrected chi connectivity index (χ0v) is 10.4. The molecular formula is C11H10F3NO2S. The zero-order valence-electron chi connectivity index (χ0n) is 9.62. The fourth-order valence-corrected chi connectivity index (χ4v) is 1.85. The van der Waals surface area contributed by atoms with E-state index in [9.17, 15) is 22.8 Å². The van der Waals surface area contributed by atoms with Gasteiger partial charge in [-0.15, -0.1) is 11.3 Å². The lowest BCUT2D eigenvalue weighted by Crippen LogP contribution is -2.29. The van der Waals surface area contributed by atoms with E-state index in [-0.39, 0.29) is 4.88 Å². The first kappa shape index (κ1) is 14.4. The van der Waals surface area contributed by atoms with Crippen molar-refractivity contribution in [1.29, 1.82) is 0 Å². The molecule has 0 aliphatic carbocycles. The number of alkyl halides is 3. The maximum absolute atomic E-state index is 12.4. The smallest absolute Gasteiger partial charge is 0.383 e. The van der Waals surface area contributed by atoms with Crippen molar-refractivity contribution in [3.8, 4) is 0 Å². The molecule has 18 heavy (non-hydrogen) atoms. The van der Waals surface area contributed by atoms with Crippen LogP contribution >= 0.6 is 11.3 Å². The number of thiophene rings is 1. The van der Waals surface area contributed by atoms with Crippen LogP contribution in [0, 0.1) is 0 Å². The van der Waals surface area contributed by atoms with Gasteiger partial charge in [0.05, 0.1) is 10.5 Å². The third-order valence-electron chi connectivity index (χ3n) is 1.88. The average molecular weight is 277 g/mol. The van der Waals surface area contributed by atoms with Gasteiger partial charge in [-0.1, -0.05) is 6.07 Å². The Morgan fingerprint density at radius 2 is 1.94 bits per heavy atom. The molecule has 3 nitrogen and oxygen atoms in total. The minimum absolute atomic E-state index is 0.0979. The second-order valence-corrected chi connectivity index (χ2v) is 4.59. The molecule has 0 aromatic carbocycles. The van der Waals surface area contributed by atoms with Crippen molar-refractivity contribution in [2.75, 3.05) is 14.1 Å². The van der Waals surface area contributed by atoms with E-state index >= 15 is 0 Å². The number of hydrogen-bond acceptors (Lipinski definition) is 4. The molecule has 0 unspecified atom stereocenters. The van der Waals surface area contributed by atoms with Gasteiger partial charge in [-0.25, -0.2) is 0 Å². The lowest BCUT2D eigenvalue weighted by Gasteiger charge is -2.11. The Hall–Kier alpha value is -1.63. The number of Topliss-reactive ketones (excluding diaryl/α,β-unsaturated/α-hetero) is 2. The second kappa shape index (κ2) is 5.34. The second-order valence-electron chi connectivity index (χ2n) is 3.64. The third kappa shape index (κ3) is 3.43. The van der Waals surface area contributed by atoms with Gasteiger partial charge >= 0.3 is 6.18 Å². The fraction of sp³-hybridized carbons (Fsp3) is 0.273. The van der Waals surface area contributed by atoms with Crippen LogP contribution < -0.4 is 0 Å². The van der Waals surface area contributed by atoms with Crippen molar-refractivity contribution in [3.63, 3.8) is 0 Å². The van der Waals surface area contributed by atoms with E-state index in [2.05, 4.69) is 0 Å². The molecule has 0 fully saturated rings. The molecule has 1 heterocycles. The average Bonchev–Trinajstić information content (AvgIpc) is 2.75. The Labute approximate surface area is 106 Å². The number of allylic oxidation sites excluding steroid dienone is 1. The lowest BCUT2D eigenvalue weighted by atomic mass is 10.1. The van der Waals surface area contributed by atoms with Crippen LogP contribution in [0.1, 0.15) is 9.67 Å². The summed E-state index contributed by atoms with van der Waals surface area (Å²) in [6, 6.07) is 2.91. The first-order chi connectivity index (χ1) is 8.23. The van der Waals surface area contributed by atoms with E-state index in [1.54, 1.807) is 5.38 Å². The van der Waals surface area contributed by atoms with Gasteiger partial charge < -0.3 is 4.90 Å². The molecule has 1 aromatic heterocycles. The fourth-order valence-electron chi connectivity index (χ4n) is 1.17. The van der Waals surface area contributed by atoms with Gasteiger partial charge in [-0.05, 0) is 11.4 Å². The van der Waals surface area contributed by atoms with Crippen molar-refractivity contribution < 1.29 is 22.8 Å². The summed E-state index contributed by atoms with van der Waals surface area (Å²) in [5.41, 5.74) is -0.880. The lowest BCUT2D eigenvalue weighted by molar-refractivity contribution is -0.166. The number of halogens is 3. The highest BCUT2D eigenvalue weighted by molar-refractivity contribution is 7.12. The molecule has 1 aromatic rings. The maximum Gasteiger partial charge on any atom is 0.455 e. The molecule has 0 N–H and O–H groups in total. The van der Waals surface area contributed by atoms with Gasteiger partial charge in [0.15, 0.2) is 0 Å². The van der Waals surface area contributed by atoms with Crippen LogP contribution in [0.4, 0.5) is 13.2 Å². The van der Waals surface area contributed by atoms with Crippen LogP contribution in [0.5, 0.6) is 0 Å². The van der Waals surface area contributed by atoms with Crippen LogP contribution in [0.15, 0.2) is 29.3 Å². The summed E-state index contributed by atoms with van der Waals surface area (Å²) >= 11 is 0.986. The van der Waals surface area contributed by atoms with Gasteiger partial charge in [0.1, 0.15) is 0 Å². The van der Waals surface area contributed by atoms with Crippen LogP contribution in [-0.4, -0.2) is 36.7 Å². The normalized spacial score (nSPS) is 12.4. The SMILES string of the molecule is CN(C)/C=C(\C(=O)c1cccs1)C(=O)C(F)(F)F. The van der Waals surface area contributed by atoms with Crippen molar-refractivity contribution >= 4 is 22.9 Å². The van der Waals surface area contributed by atoms with Crippen LogP contribution in [0.25, 0.3) is 0 Å². The van der Waals surface area contributed by atoms with E-state index in [1.165, 1.54) is 31.1 Å². The third-order valence-corrected chi connectivity index (χ3v) is 2.75. The van der Waals surface area contributed by atoms with Crippen LogP contribution in [-0.2, 0) is 4.79 Å². The summed E-state index contributed by atoms with van der Waals surface area (Å²) in [5.74, 6) is -3.05. The minimum Gasteiger partial charge on any atom is -0.383 e. The quantitative estimate of drug-likeness (QED) is 0.367. The number of carbonyl (C=O) groups is 2. The molecule has 0 saturated carbocycles. The highest BCUT2D eigenvalue weighted by atomic mass is 32.1. The predicted octanol–water partition coefficient (Wildman–Crippen LogP) is 2.51. The molecular weight excluding hydrogens is 267 g/mol. The Morgan fingerprint density at radius 1 is 1.33 bits per heavy atom. The number of carbonyl (C=O) groups excluding carboxylic acids is 2. The van der Waals surface area contributed by atoms with Gasteiger partial charge in [-0.2, -0.15) is 13.2 Å². The number of hydrogen-bond donors (Lipinski definition) is 0. The molecule has 1 rings (SSSR count). The molecule has 0 bridgehead atoms. The zero-order chi connectivity index (χ0) is 13.9. The molecule has 0 amide bonds. The van der Waals surface area contributed by atoms with Crippen LogP contribution in [0.2, 0.25) is 0 Å². The van der Waals surface area contributed by atoms with Gasteiger partial charge in [0, 0.05) is 20.3 Å². The standard InChI is InChI=1S/C11H10F3NO2S/c1-15(2)6-7(10(17)11(12,13)14)9(16)8-4-3-5-18-8/h3-6H,1-2H3/b7-6+. The van der Waals surface area contributed by atoms with E-state index in [0.29, 0.717) is 0 Å². The topological polar surface area (TPSA) is 37.4 Å². The molecule has 7 heteroatoms. The van der Waals surface area contributed by atoms with Gasteiger partial charge in [0.25, 0.3) is 5.78 Å². The summed E-state index contributed by atoms with van der Waals surface area (Å²) in [6.07, 6.45) is -4.17. The predicted molar refractivity (Wildman–Crippen MR) is 61.5 cm³/mol. The van der Waals surface area contributed by atoms with E-state index in [1.807, 2.05) is 0 Å². The Balaban J connectivity index is 3.16. The maximum atomic E-state index is 12.4. The summed E-state index contributed by atoms with van der Waals surface area (Å²) in [7, 11) is 2.87. The van der Waals surface area contributed by atoms with Crippen molar-refractivity contribution in [2.45, 2.75) is 6.18 Å². The molecule has 0 aliphatic heterocycles. The van der Waals surface area contributed by atoms with Gasteiger partial charge in [-0.3, -0.25) is 9.59 Å². The summed E-state index contributed by atoms with van der Waals surface area (Å²) in [5, 5.41) is 1.55. The molecule has 98 valence electrons. The highest BCUT2D eigenvalue weighted by Gasteiger charge is 2.43. The highest BCUT2D eigenvalue weighted by Crippen LogP contribution is 2.24. The molecule has 0 spiro atoms. The van der Waals surface area contributed by atoms with E-state index < -0.39 is 23.3 Å². The largest absolute Gasteiger partial charge is 0.455 e. The monoisotopic (exact) mass is 277 g/mol. The molecule has 0 radical (unpaired) electrons. The van der Waals surface area contributed by atoms with Gasteiger partial charge in [0.2, 0.25) is 5.78 Å². The first-order valence-electron chi connectivity index (χ1n) is 4.81. The summed E-state index contributed by atoms with van der Waals surface area (Å²) in [6.45, 7) is 0. The minimum atomic E-state index is -5.06. The molecule has 0 atom stereocenters. The Kier molecular flexibility index (Phi) is 4.28. The summed E-state index contributed by atoms with van der Waals surface area (Å²) in [4.78, 5) is 24.3.